The highest BCUT2D eigenvalue weighted by atomic mass is 32.1. The summed E-state index contributed by atoms with van der Waals surface area (Å²) in [6.07, 6.45) is 8.54. The number of carbonyl (C=O) groups excluding carboxylic acids is 2. The Morgan fingerprint density at radius 2 is 1.67 bits per heavy atom. The van der Waals surface area contributed by atoms with E-state index in [-0.39, 0.29) is 17.9 Å². The molecule has 2 N–H and O–H groups in total. The van der Waals surface area contributed by atoms with Gasteiger partial charge in [0.2, 0.25) is 5.91 Å². The number of carbonyl (C=O) groups is 2. The minimum atomic E-state index is -0.298. The van der Waals surface area contributed by atoms with Crippen LogP contribution in [0.4, 0.5) is 5.69 Å². The number of quaternary nitrogens is 1. The number of anilines is 1. The van der Waals surface area contributed by atoms with Crippen molar-refractivity contribution in [3.05, 3.63) is 48.0 Å². The molecule has 5 nitrogen and oxygen atoms in total. The van der Waals surface area contributed by atoms with E-state index >= 15 is 0 Å². The van der Waals surface area contributed by atoms with Crippen molar-refractivity contribution < 1.29 is 14.9 Å². The molecule has 3 aromatic rings. The summed E-state index contributed by atoms with van der Waals surface area (Å²) in [5, 5.41) is 3.21. The summed E-state index contributed by atoms with van der Waals surface area (Å²) in [5.41, 5.74) is 4.27. The highest BCUT2D eigenvalue weighted by Gasteiger charge is 2.56. The molecule has 4 aliphatic carbocycles. The number of imide groups is 1. The van der Waals surface area contributed by atoms with Crippen molar-refractivity contribution in [2.24, 2.45) is 23.2 Å². The van der Waals surface area contributed by atoms with Gasteiger partial charge in [0.1, 0.15) is 5.01 Å². The van der Waals surface area contributed by atoms with Crippen molar-refractivity contribution in [2.45, 2.75) is 70.9 Å². The Hall–Kier alpha value is -2.57. The average Bonchev–Trinajstić information content (AvgIpc) is 3.38. The zero-order valence-corrected chi connectivity index (χ0v) is 21.9. The fourth-order valence-corrected chi connectivity index (χ4v) is 9.34. The van der Waals surface area contributed by atoms with Crippen LogP contribution in [-0.4, -0.2) is 28.9 Å². The number of aryl methyl sites for hydroxylation is 1. The Morgan fingerprint density at radius 3 is 2.33 bits per heavy atom. The van der Waals surface area contributed by atoms with Gasteiger partial charge in [-0.3, -0.25) is 9.59 Å². The highest BCUT2D eigenvalue weighted by Crippen LogP contribution is 2.60. The molecule has 1 saturated heterocycles. The molecule has 0 radical (unpaired) electrons. The smallest absolute Gasteiger partial charge is 0.292 e. The Bertz CT molecular complexity index is 1320. The molecular formula is C30H34N3O2S+. The zero-order valence-electron chi connectivity index (χ0n) is 21.1. The first kappa shape index (κ1) is 22.6. The molecule has 1 aliphatic heterocycles. The molecule has 1 aromatic heterocycles. The maximum Gasteiger partial charge on any atom is 0.292 e. The molecule has 5 aliphatic rings. The van der Waals surface area contributed by atoms with Crippen LogP contribution in [0.1, 0.15) is 57.4 Å². The van der Waals surface area contributed by atoms with Crippen LogP contribution in [0.2, 0.25) is 0 Å². The van der Waals surface area contributed by atoms with Gasteiger partial charge in [-0.05, 0) is 112 Å². The second-order valence-electron chi connectivity index (χ2n) is 12.2. The number of thiazole rings is 1. The second-order valence-corrected chi connectivity index (χ2v) is 13.2. The third kappa shape index (κ3) is 3.64. The molecule has 2 heterocycles. The summed E-state index contributed by atoms with van der Waals surface area (Å²) in [6, 6.07) is 14.1. The number of fused-ring (bicyclic) bond motifs is 1. The molecule has 4 bridgehead atoms. The lowest BCUT2D eigenvalue weighted by molar-refractivity contribution is -0.720. The number of aromatic nitrogens is 1. The lowest BCUT2D eigenvalue weighted by Crippen LogP contribution is -2.98. The van der Waals surface area contributed by atoms with Crippen LogP contribution in [0.5, 0.6) is 0 Å². The molecular weight excluding hydrogens is 466 g/mol. The predicted octanol–water partition coefficient (Wildman–Crippen LogP) is 5.07. The molecule has 2 atom stereocenters. The summed E-state index contributed by atoms with van der Waals surface area (Å²) in [6.45, 7) is 4.41. The van der Waals surface area contributed by atoms with E-state index in [1.807, 2.05) is 24.3 Å². The Labute approximate surface area is 216 Å². The average molecular weight is 501 g/mol. The molecule has 2 amide bonds. The van der Waals surface area contributed by atoms with Crippen LogP contribution in [0.15, 0.2) is 42.5 Å². The van der Waals surface area contributed by atoms with Gasteiger partial charge in [-0.2, -0.15) is 0 Å². The lowest BCUT2D eigenvalue weighted by atomic mass is 9.48. The van der Waals surface area contributed by atoms with Gasteiger partial charge < -0.3 is 5.32 Å². The van der Waals surface area contributed by atoms with Crippen LogP contribution < -0.4 is 10.2 Å². The summed E-state index contributed by atoms with van der Waals surface area (Å²) < 4.78 is 1.17. The molecule has 2 aromatic carbocycles. The largest absolute Gasteiger partial charge is 0.333 e. The molecule has 8 rings (SSSR count). The van der Waals surface area contributed by atoms with Gasteiger partial charge in [-0.15, -0.1) is 11.3 Å². The van der Waals surface area contributed by atoms with E-state index < -0.39 is 0 Å². The minimum absolute atomic E-state index is 0.0557. The van der Waals surface area contributed by atoms with Crippen molar-refractivity contribution in [3.63, 3.8) is 0 Å². The third-order valence-electron chi connectivity index (χ3n) is 9.67. The van der Waals surface area contributed by atoms with Crippen LogP contribution in [0.25, 0.3) is 20.8 Å². The van der Waals surface area contributed by atoms with Crippen LogP contribution in [0.3, 0.4) is 0 Å². The van der Waals surface area contributed by atoms with E-state index in [2.05, 4.69) is 37.4 Å². The molecule has 36 heavy (non-hydrogen) atoms. The van der Waals surface area contributed by atoms with E-state index in [4.69, 9.17) is 4.98 Å². The zero-order chi connectivity index (χ0) is 24.6. The first-order valence-electron chi connectivity index (χ1n) is 13.6. The van der Waals surface area contributed by atoms with E-state index in [1.54, 1.807) is 11.3 Å². The molecule has 4 saturated carbocycles. The standard InChI is InChI=1S/C30H33N3O2S/c1-17-3-8-24-26(9-17)36-28(32-24)22-4-6-23(7-5-22)33-27(34)13-25(29(33)35)31-18(2)30-14-19-10-20(15-30)12-21(11-19)16-30/h3-9,18-21,25,31H,10-16H2,1-2H3/p+1/t18-,19?,20?,21?,25-,30?/m0/s1. The summed E-state index contributed by atoms with van der Waals surface area (Å²) >= 11 is 1.67. The number of hydrogen-bond donors (Lipinski definition) is 1. The van der Waals surface area contributed by atoms with Gasteiger partial charge in [0, 0.05) is 11.0 Å². The Kier molecular flexibility index (Phi) is 5.16. The first-order chi connectivity index (χ1) is 17.4. The molecule has 186 valence electrons. The fourth-order valence-electron chi connectivity index (χ4n) is 8.27. The van der Waals surface area contributed by atoms with Crippen molar-refractivity contribution in [1.29, 1.82) is 0 Å². The second kappa shape index (κ2) is 8.22. The topological polar surface area (TPSA) is 66.9 Å². The highest BCUT2D eigenvalue weighted by molar-refractivity contribution is 7.21. The molecule has 6 heteroatoms. The maximum atomic E-state index is 13.4. The fraction of sp³-hybridized carbons (Fsp3) is 0.500. The maximum absolute atomic E-state index is 13.4. The summed E-state index contributed by atoms with van der Waals surface area (Å²) in [4.78, 5) is 32.6. The van der Waals surface area contributed by atoms with Crippen molar-refractivity contribution in [2.75, 3.05) is 4.90 Å². The van der Waals surface area contributed by atoms with Gasteiger partial charge in [0.15, 0.2) is 6.04 Å². The van der Waals surface area contributed by atoms with E-state index in [0.29, 0.717) is 23.6 Å². The lowest BCUT2D eigenvalue weighted by Gasteiger charge is -2.58. The van der Waals surface area contributed by atoms with Crippen LogP contribution >= 0.6 is 11.3 Å². The van der Waals surface area contributed by atoms with Gasteiger partial charge in [-0.1, -0.05) is 6.07 Å². The number of hydrogen-bond acceptors (Lipinski definition) is 4. The number of nitrogens with zero attached hydrogens (tertiary/aromatic N) is 2. The quantitative estimate of drug-likeness (QED) is 0.497. The predicted molar refractivity (Wildman–Crippen MR) is 143 cm³/mol. The van der Waals surface area contributed by atoms with Gasteiger partial charge >= 0.3 is 0 Å². The van der Waals surface area contributed by atoms with Crippen LogP contribution in [0, 0.1) is 30.1 Å². The third-order valence-corrected chi connectivity index (χ3v) is 10.7. The van der Waals surface area contributed by atoms with Gasteiger partial charge in [0.25, 0.3) is 5.91 Å². The van der Waals surface area contributed by atoms with Gasteiger partial charge in [0.05, 0.1) is 28.4 Å². The first-order valence-corrected chi connectivity index (χ1v) is 14.4. The number of rotatable bonds is 5. The summed E-state index contributed by atoms with van der Waals surface area (Å²) in [5.74, 6) is 2.54. The Morgan fingerprint density at radius 1 is 1.00 bits per heavy atom. The monoisotopic (exact) mass is 500 g/mol. The Balaban J connectivity index is 1.07. The van der Waals surface area contributed by atoms with E-state index in [1.165, 1.54) is 53.7 Å². The molecule has 0 spiro atoms. The number of amides is 2. The van der Waals surface area contributed by atoms with Crippen molar-refractivity contribution in [3.8, 4) is 10.6 Å². The number of benzene rings is 2. The molecule has 5 fully saturated rings. The van der Waals surface area contributed by atoms with Crippen molar-refractivity contribution >= 4 is 39.1 Å². The van der Waals surface area contributed by atoms with E-state index in [9.17, 15) is 9.59 Å². The normalized spacial score (nSPS) is 32.1. The van der Waals surface area contributed by atoms with Crippen LogP contribution in [-0.2, 0) is 9.59 Å². The van der Waals surface area contributed by atoms with E-state index in [0.717, 1.165) is 33.8 Å². The molecule has 0 unspecified atom stereocenters. The minimum Gasteiger partial charge on any atom is -0.333 e. The SMILES string of the molecule is Cc1ccc2nc(-c3ccc(N4C(=O)C[C@H]([NH2+][C@@H](C)C56CC7CC(CC(C7)C5)C6)C4=O)cc3)sc2c1. The van der Waals surface area contributed by atoms with Gasteiger partial charge in [-0.25, -0.2) is 9.88 Å². The summed E-state index contributed by atoms with van der Waals surface area (Å²) in [7, 11) is 0. The number of nitrogens with two attached hydrogens (primary N) is 1. The van der Waals surface area contributed by atoms with Crippen molar-refractivity contribution in [1.82, 2.24) is 4.98 Å².